The second kappa shape index (κ2) is 8.12. The second-order valence-electron chi connectivity index (χ2n) is 8.53. The molecular formula is C22H27N5O3. The molecule has 2 aromatic heterocycles. The molecule has 30 heavy (non-hydrogen) atoms. The minimum absolute atomic E-state index is 0.248. The Hall–Kier alpha value is -2.84. The van der Waals surface area contributed by atoms with E-state index in [9.17, 15) is 15.0 Å². The maximum atomic E-state index is 12.6. The number of aromatic nitrogens is 4. The molecule has 8 nitrogen and oxygen atoms in total. The van der Waals surface area contributed by atoms with Crippen molar-refractivity contribution >= 4 is 22.5 Å². The van der Waals surface area contributed by atoms with Crippen molar-refractivity contribution < 1.29 is 15.0 Å². The van der Waals surface area contributed by atoms with Gasteiger partial charge in [0.1, 0.15) is 12.0 Å². The van der Waals surface area contributed by atoms with E-state index in [1.54, 1.807) is 19.9 Å². The third-order valence-electron chi connectivity index (χ3n) is 5.83. The molecule has 1 aliphatic carbocycles. The molecule has 0 aliphatic heterocycles. The fourth-order valence-corrected chi connectivity index (χ4v) is 4.09. The van der Waals surface area contributed by atoms with Gasteiger partial charge in [-0.3, -0.25) is 9.48 Å². The van der Waals surface area contributed by atoms with Crippen LogP contribution in [0.3, 0.4) is 0 Å². The third-order valence-corrected chi connectivity index (χ3v) is 5.83. The fraction of sp³-hybridized carbons (Fsp3) is 0.455. The molecule has 4 rings (SSSR count). The summed E-state index contributed by atoms with van der Waals surface area (Å²) >= 11 is 0. The van der Waals surface area contributed by atoms with E-state index in [0.717, 1.165) is 36.6 Å². The molecule has 3 aromatic rings. The predicted octanol–water partition coefficient (Wildman–Crippen LogP) is 3.03. The van der Waals surface area contributed by atoms with Gasteiger partial charge in [0, 0.05) is 35.6 Å². The van der Waals surface area contributed by atoms with Crippen molar-refractivity contribution in [1.82, 2.24) is 19.7 Å². The first kappa shape index (κ1) is 20.4. The average molecular weight is 409 g/mol. The van der Waals surface area contributed by atoms with Gasteiger partial charge in [0.05, 0.1) is 17.2 Å². The van der Waals surface area contributed by atoms with Crippen molar-refractivity contribution in [2.45, 2.75) is 51.2 Å². The Morgan fingerprint density at radius 1 is 1.27 bits per heavy atom. The van der Waals surface area contributed by atoms with Crippen molar-refractivity contribution in [3.05, 3.63) is 48.2 Å². The number of hydrogen-bond acceptors (Lipinski definition) is 6. The number of benzene rings is 1. The van der Waals surface area contributed by atoms with Crippen molar-refractivity contribution in [3.8, 4) is 0 Å². The minimum Gasteiger partial charge on any atom is -0.396 e. The van der Waals surface area contributed by atoms with Crippen LogP contribution >= 0.6 is 0 Å². The lowest BCUT2D eigenvalue weighted by molar-refractivity contribution is 0.0793. The quantitative estimate of drug-likeness (QED) is 0.597. The first-order chi connectivity index (χ1) is 14.3. The Morgan fingerprint density at radius 2 is 2.03 bits per heavy atom. The maximum absolute atomic E-state index is 12.6. The van der Waals surface area contributed by atoms with Gasteiger partial charge >= 0.3 is 0 Å². The van der Waals surface area contributed by atoms with Gasteiger partial charge in [-0.15, -0.1) is 0 Å². The summed E-state index contributed by atoms with van der Waals surface area (Å²) in [5.41, 5.74) is 0.985. The average Bonchev–Trinajstić information content (AvgIpc) is 3.16. The van der Waals surface area contributed by atoms with Crippen LogP contribution in [-0.4, -0.2) is 42.5 Å². The van der Waals surface area contributed by atoms with Gasteiger partial charge in [-0.05, 0) is 63.6 Å². The van der Waals surface area contributed by atoms with Crippen LogP contribution in [0.2, 0.25) is 0 Å². The molecule has 0 saturated heterocycles. The van der Waals surface area contributed by atoms with Crippen LogP contribution in [0.5, 0.6) is 0 Å². The summed E-state index contributed by atoms with van der Waals surface area (Å²) in [6.07, 6.45) is 8.78. The van der Waals surface area contributed by atoms with E-state index >= 15 is 0 Å². The highest BCUT2D eigenvalue weighted by molar-refractivity contribution is 6.04. The van der Waals surface area contributed by atoms with Crippen molar-refractivity contribution in [1.29, 1.82) is 0 Å². The lowest BCUT2D eigenvalue weighted by Crippen LogP contribution is -2.21. The van der Waals surface area contributed by atoms with E-state index in [1.165, 1.54) is 12.5 Å². The van der Waals surface area contributed by atoms with E-state index in [1.807, 2.05) is 23.0 Å². The minimum atomic E-state index is -1.16. The molecule has 1 fully saturated rings. The van der Waals surface area contributed by atoms with Gasteiger partial charge in [0.15, 0.2) is 0 Å². The van der Waals surface area contributed by atoms with Crippen LogP contribution in [-0.2, 0) is 5.60 Å². The summed E-state index contributed by atoms with van der Waals surface area (Å²) in [4.78, 5) is 20.4. The van der Waals surface area contributed by atoms with Gasteiger partial charge in [-0.25, -0.2) is 9.97 Å². The van der Waals surface area contributed by atoms with E-state index in [2.05, 4.69) is 15.3 Å². The first-order valence-electron chi connectivity index (χ1n) is 10.3. The van der Waals surface area contributed by atoms with Crippen LogP contribution in [0.4, 0.5) is 5.69 Å². The Kier molecular flexibility index (Phi) is 5.53. The Morgan fingerprint density at radius 3 is 2.67 bits per heavy atom. The summed E-state index contributed by atoms with van der Waals surface area (Å²) < 4.78 is 1.99. The highest BCUT2D eigenvalue weighted by Crippen LogP contribution is 2.35. The number of rotatable bonds is 5. The molecule has 0 atom stereocenters. The number of aliphatic hydroxyl groups excluding tert-OH is 1. The molecule has 0 radical (unpaired) electrons. The zero-order valence-corrected chi connectivity index (χ0v) is 17.2. The molecule has 8 heteroatoms. The van der Waals surface area contributed by atoms with E-state index < -0.39 is 5.60 Å². The summed E-state index contributed by atoms with van der Waals surface area (Å²) in [6.45, 7) is 3.61. The molecule has 0 bridgehead atoms. The number of hydrogen-bond donors (Lipinski definition) is 3. The second-order valence-corrected chi connectivity index (χ2v) is 8.53. The van der Waals surface area contributed by atoms with E-state index in [4.69, 9.17) is 5.10 Å². The standard InChI is InChI=1S/C22H27N5O3/c1-22(2,30)17-10-19-15(9-20(17)25-21(29)18-7-8-23-13-24-18)11-27(26-19)16-5-3-14(12-28)4-6-16/h7-11,13-14,16,28,30H,3-6,12H2,1-2H3,(H,25,29)/t14-,16-. The molecule has 1 aromatic carbocycles. The molecule has 0 unspecified atom stereocenters. The molecule has 0 spiro atoms. The van der Waals surface area contributed by atoms with Crippen LogP contribution < -0.4 is 5.32 Å². The van der Waals surface area contributed by atoms with E-state index in [0.29, 0.717) is 23.2 Å². The van der Waals surface area contributed by atoms with Gasteiger partial charge < -0.3 is 15.5 Å². The Balaban J connectivity index is 1.66. The van der Waals surface area contributed by atoms with Crippen molar-refractivity contribution in [2.24, 2.45) is 5.92 Å². The summed E-state index contributed by atoms with van der Waals surface area (Å²) in [7, 11) is 0. The zero-order chi connectivity index (χ0) is 21.3. The van der Waals surface area contributed by atoms with Crippen LogP contribution in [0.15, 0.2) is 36.9 Å². The van der Waals surface area contributed by atoms with Gasteiger partial charge in [-0.2, -0.15) is 5.10 Å². The summed E-state index contributed by atoms with van der Waals surface area (Å²) in [5.74, 6) is 0.0218. The molecule has 1 amide bonds. The Labute approximate surface area is 175 Å². The van der Waals surface area contributed by atoms with Crippen LogP contribution in [0.25, 0.3) is 10.9 Å². The molecule has 1 saturated carbocycles. The third kappa shape index (κ3) is 4.20. The smallest absolute Gasteiger partial charge is 0.274 e. The molecule has 158 valence electrons. The normalized spacial score (nSPS) is 19.7. The van der Waals surface area contributed by atoms with Gasteiger partial charge in [0.2, 0.25) is 0 Å². The van der Waals surface area contributed by atoms with E-state index in [-0.39, 0.29) is 18.2 Å². The first-order valence-corrected chi connectivity index (χ1v) is 10.3. The number of carbonyl (C=O) groups is 1. The number of carbonyl (C=O) groups excluding carboxylic acids is 1. The van der Waals surface area contributed by atoms with Crippen molar-refractivity contribution in [3.63, 3.8) is 0 Å². The maximum Gasteiger partial charge on any atom is 0.274 e. The van der Waals surface area contributed by atoms with Gasteiger partial charge in [0.25, 0.3) is 5.91 Å². The lowest BCUT2D eigenvalue weighted by atomic mass is 9.87. The largest absolute Gasteiger partial charge is 0.396 e. The number of nitrogens with zero attached hydrogens (tertiary/aromatic N) is 4. The molecule has 3 N–H and O–H groups in total. The predicted molar refractivity (Wildman–Crippen MR) is 113 cm³/mol. The van der Waals surface area contributed by atoms with Crippen LogP contribution in [0.1, 0.15) is 61.6 Å². The number of nitrogens with one attached hydrogen (secondary N) is 1. The molecule has 2 heterocycles. The topological polar surface area (TPSA) is 113 Å². The SMILES string of the molecule is CC(C)(O)c1cc2nn([C@H]3CC[C@H](CO)CC3)cc2cc1NC(=O)c1ccncn1. The summed E-state index contributed by atoms with van der Waals surface area (Å²) in [5, 5.41) is 28.6. The number of amides is 1. The number of fused-ring (bicyclic) bond motifs is 1. The number of aliphatic hydroxyl groups is 2. The summed E-state index contributed by atoms with van der Waals surface area (Å²) in [6, 6.07) is 5.52. The number of anilines is 1. The molecule has 1 aliphatic rings. The highest BCUT2D eigenvalue weighted by atomic mass is 16.3. The highest BCUT2D eigenvalue weighted by Gasteiger charge is 2.26. The monoisotopic (exact) mass is 409 g/mol. The Bertz CT molecular complexity index is 1030. The fourth-order valence-electron chi connectivity index (χ4n) is 4.09. The lowest BCUT2D eigenvalue weighted by Gasteiger charge is -2.27. The molecular weight excluding hydrogens is 382 g/mol. The zero-order valence-electron chi connectivity index (χ0n) is 17.2. The van der Waals surface area contributed by atoms with Crippen LogP contribution in [0, 0.1) is 5.92 Å². The van der Waals surface area contributed by atoms with Gasteiger partial charge in [-0.1, -0.05) is 0 Å². The van der Waals surface area contributed by atoms with Crippen molar-refractivity contribution in [2.75, 3.05) is 11.9 Å².